The molecule has 1 aliphatic heterocycles. The van der Waals surface area contributed by atoms with Crippen LogP contribution in [0.5, 0.6) is 0 Å². The molecule has 1 aliphatic rings. The molecule has 102 valence electrons. The van der Waals surface area contributed by atoms with Gasteiger partial charge in [0.2, 0.25) is 0 Å². The highest BCUT2D eigenvalue weighted by molar-refractivity contribution is 5.69. The van der Waals surface area contributed by atoms with Gasteiger partial charge in [0.15, 0.2) is 11.9 Å². The van der Waals surface area contributed by atoms with E-state index in [0.29, 0.717) is 11.2 Å². The van der Waals surface area contributed by atoms with Crippen molar-refractivity contribution in [3.63, 3.8) is 0 Å². The van der Waals surface area contributed by atoms with Crippen LogP contribution in [-0.2, 0) is 4.74 Å². The summed E-state index contributed by atoms with van der Waals surface area (Å²) in [7, 11) is 0. The minimum atomic E-state index is -1.55. The van der Waals surface area contributed by atoms with E-state index in [1.807, 2.05) is 0 Å². The van der Waals surface area contributed by atoms with Gasteiger partial charge in [0.1, 0.15) is 29.7 Å². The van der Waals surface area contributed by atoms with Crippen molar-refractivity contribution < 1.29 is 20.1 Å². The molecule has 0 bridgehead atoms. The Kier molecular flexibility index (Phi) is 2.75. The third kappa shape index (κ3) is 1.72. The quantitative estimate of drug-likeness (QED) is 0.627. The summed E-state index contributed by atoms with van der Waals surface area (Å²) in [6.07, 6.45) is 1.46. The number of aliphatic hydroxyl groups excluding tert-OH is 2. The van der Waals surface area contributed by atoms with E-state index >= 15 is 0 Å². The summed E-state index contributed by atoms with van der Waals surface area (Å²) >= 11 is 0. The van der Waals surface area contributed by atoms with Crippen molar-refractivity contribution in [2.75, 3.05) is 6.61 Å². The van der Waals surface area contributed by atoms with Crippen LogP contribution in [0.15, 0.2) is 18.9 Å². The minimum Gasteiger partial charge on any atom is -0.394 e. The van der Waals surface area contributed by atoms with Crippen molar-refractivity contribution in [3.05, 3.63) is 18.9 Å². The maximum Gasteiger partial charge on any atom is 0.168 e. The summed E-state index contributed by atoms with van der Waals surface area (Å²) in [4.78, 5) is 12.0. The van der Waals surface area contributed by atoms with E-state index in [4.69, 9.17) is 9.84 Å². The van der Waals surface area contributed by atoms with Crippen LogP contribution in [0.25, 0.3) is 11.2 Å². The maximum atomic E-state index is 10.4. The van der Waals surface area contributed by atoms with Crippen molar-refractivity contribution in [1.29, 1.82) is 0 Å². The van der Waals surface area contributed by atoms with Gasteiger partial charge in [-0.1, -0.05) is 0 Å². The van der Waals surface area contributed by atoms with E-state index in [1.54, 1.807) is 6.20 Å². The monoisotopic (exact) mass is 266 g/mol. The summed E-state index contributed by atoms with van der Waals surface area (Å²) in [6.45, 7) is 1.07. The summed E-state index contributed by atoms with van der Waals surface area (Å²) in [5.41, 5.74) is -0.499. The number of hydrogen-bond acceptors (Lipinski definition) is 7. The van der Waals surface area contributed by atoms with Crippen LogP contribution in [0, 0.1) is 0 Å². The zero-order valence-corrected chi connectivity index (χ0v) is 10.2. The molecule has 8 heteroatoms. The molecule has 1 saturated heterocycles. The lowest BCUT2D eigenvalue weighted by atomic mass is 9.96. The third-order valence-corrected chi connectivity index (χ3v) is 3.43. The van der Waals surface area contributed by atoms with Gasteiger partial charge in [-0.05, 0) is 6.92 Å². The Morgan fingerprint density at radius 3 is 2.95 bits per heavy atom. The Morgan fingerprint density at radius 1 is 1.47 bits per heavy atom. The molecule has 3 rings (SSSR count). The smallest absolute Gasteiger partial charge is 0.168 e. The average Bonchev–Trinajstić information content (AvgIpc) is 2.91. The summed E-state index contributed by atoms with van der Waals surface area (Å²) in [5, 5.41) is 29.5. The second-order valence-corrected chi connectivity index (χ2v) is 4.76. The lowest BCUT2D eigenvalue weighted by Crippen LogP contribution is -2.44. The topological polar surface area (TPSA) is 114 Å². The van der Waals surface area contributed by atoms with Gasteiger partial charge >= 0.3 is 0 Å². The predicted molar refractivity (Wildman–Crippen MR) is 62.9 cm³/mol. The maximum absolute atomic E-state index is 10.4. The van der Waals surface area contributed by atoms with E-state index in [9.17, 15) is 10.2 Å². The minimum absolute atomic E-state index is 0.380. The normalized spacial score (nSPS) is 35.1. The van der Waals surface area contributed by atoms with Gasteiger partial charge in [0.05, 0.1) is 19.1 Å². The van der Waals surface area contributed by atoms with Crippen LogP contribution >= 0.6 is 0 Å². The van der Waals surface area contributed by atoms with E-state index in [-0.39, 0.29) is 6.61 Å². The Labute approximate surface area is 108 Å². The van der Waals surface area contributed by atoms with Crippen LogP contribution in [0.4, 0.5) is 0 Å². The van der Waals surface area contributed by atoms with Crippen molar-refractivity contribution in [2.45, 2.75) is 31.0 Å². The Bertz CT molecular complexity index is 599. The lowest BCUT2D eigenvalue weighted by Gasteiger charge is -2.27. The molecule has 2 aromatic heterocycles. The first-order valence-electron chi connectivity index (χ1n) is 5.85. The zero-order chi connectivity index (χ0) is 13.6. The fourth-order valence-electron chi connectivity index (χ4n) is 2.35. The molecule has 4 atom stereocenters. The lowest BCUT2D eigenvalue weighted by molar-refractivity contribution is -0.0950. The third-order valence-electron chi connectivity index (χ3n) is 3.43. The summed E-state index contributed by atoms with van der Waals surface area (Å²) in [6, 6.07) is 0. The second kappa shape index (κ2) is 4.20. The molecule has 8 nitrogen and oxygen atoms in total. The first kappa shape index (κ1) is 12.4. The highest BCUT2D eigenvalue weighted by Crippen LogP contribution is 2.38. The number of rotatable bonds is 2. The van der Waals surface area contributed by atoms with Crippen LogP contribution < -0.4 is 0 Å². The van der Waals surface area contributed by atoms with Gasteiger partial charge in [0.25, 0.3) is 0 Å². The van der Waals surface area contributed by atoms with Gasteiger partial charge in [-0.25, -0.2) is 15.0 Å². The molecule has 0 saturated carbocycles. The molecule has 3 N–H and O–H groups in total. The molecule has 19 heavy (non-hydrogen) atoms. The van der Waals surface area contributed by atoms with E-state index < -0.39 is 24.0 Å². The molecule has 0 radical (unpaired) electrons. The zero-order valence-electron chi connectivity index (χ0n) is 10.2. The highest BCUT2D eigenvalue weighted by atomic mass is 16.6. The number of ether oxygens (including phenoxy) is 1. The molecular weight excluding hydrogens is 252 g/mol. The van der Waals surface area contributed by atoms with Gasteiger partial charge in [0, 0.05) is 0 Å². The Morgan fingerprint density at radius 2 is 2.26 bits per heavy atom. The number of aromatic nitrogens is 4. The number of aliphatic hydroxyl groups is 3. The average molecular weight is 266 g/mol. The number of fused-ring (bicyclic) bond motifs is 1. The van der Waals surface area contributed by atoms with Crippen LogP contribution in [0.2, 0.25) is 0 Å². The standard InChI is InChI=1S/C11H14N4O4/c1-11(18)8(17)7(3-16)19-10(11)15-5-14-6-2-12-4-13-9(6)15/h2,4-5,7-8,10,16-18H,3H2,1H3/t7-,8-,10-,11-/m1/s1. The number of hydrogen-bond donors (Lipinski definition) is 3. The first-order chi connectivity index (χ1) is 9.05. The summed E-state index contributed by atoms with van der Waals surface area (Å²) < 4.78 is 7.03. The second-order valence-electron chi connectivity index (χ2n) is 4.76. The van der Waals surface area contributed by atoms with Gasteiger partial charge < -0.3 is 20.1 Å². The fraction of sp³-hybridized carbons (Fsp3) is 0.545. The first-order valence-corrected chi connectivity index (χ1v) is 5.85. The van der Waals surface area contributed by atoms with Crippen molar-refractivity contribution in [2.24, 2.45) is 0 Å². The van der Waals surface area contributed by atoms with Gasteiger partial charge in [-0.2, -0.15) is 0 Å². The predicted octanol–water partition coefficient (Wildman–Crippen LogP) is -1.17. The van der Waals surface area contributed by atoms with E-state index in [1.165, 1.54) is 24.1 Å². The number of nitrogens with zero attached hydrogens (tertiary/aromatic N) is 4. The van der Waals surface area contributed by atoms with Crippen molar-refractivity contribution in [1.82, 2.24) is 19.5 Å². The molecule has 2 aromatic rings. The highest BCUT2D eigenvalue weighted by Gasteiger charge is 2.53. The van der Waals surface area contributed by atoms with E-state index in [2.05, 4.69) is 15.0 Å². The molecule has 0 unspecified atom stereocenters. The van der Waals surface area contributed by atoms with Crippen LogP contribution in [0.3, 0.4) is 0 Å². The van der Waals surface area contributed by atoms with Gasteiger partial charge in [-0.3, -0.25) is 4.57 Å². The molecule has 0 aromatic carbocycles. The molecule has 3 heterocycles. The SMILES string of the molecule is C[C@@]1(O)[C@H](O)[C@@H](CO)O[C@H]1n1cnc2cncnc21. The summed E-state index contributed by atoms with van der Waals surface area (Å²) in [5.74, 6) is 0. The van der Waals surface area contributed by atoms with E-state index in [0.717, 1.165) is 0 Å². The Hall–Kier alpha value is -1.61. The van der Waals surface area contributed by atoms with Crippen LogP contribution in [0.1, 0.15) is 13.2 Å². The molecule has 0 aliphatic carbocycles. The molecule has 0 spiro atoms. The van der Waals surface area contributed by atoms with Crippen molar-refractivity contribution in [3.8, 4) is 0 Å². The largest absolute Gasteiger partial charge is 0.394 e. The van der Waals surface area contributed by atoms with Crippen LogP contribution in [-0.4, -0.2) is 59.3 Å². The molecule has 0 amide bonds. The van der Waals surface area contributed by atoms with Crippen molar-refractivity contribution >= 4 is 11.2 Å². The molecular formula is C11H14N4O4. The fourth-order valence-corrected chi connectivity index (χ4v) is 2.35. The Balaban J connectivity index is 2.07. The molecule has 1 fully saturated rings. The van der Waals surface area contributed by atoms with Gasteiger partial charge in [-0.15, -0.1) is 0 Å². The number of imidazole rings is 1.